The van der Waals surface area contributed by atoms with Crippen LogP contribution < -0.4 is 4.72 Å². The number of halogens is 2. The van der Waals surface area contributed by atoms with Crippen molar-refractivity contribution in [2.45, 2.75) is 11.4 Å². The van der Waals surface area contributed by atoms with Crippen LogP contribution in [0.3, 0.4) is 0 Å². The van der Waals surface area contributed by atoms with Gasteiger partial charge in [-0.25, -0.2) is 17.2 Å². The molecule has 2 aromatic carbocycles. The van der Waals surface area contributed by atoms with Crippen LogP contribution in [0.5, 0.6) is 0 Å². The van der Waals surface area contributed by atoms with Crippen molar-refractivity contribution in [3.05, 3.63) is 89.4 Å². The number of anilines is 1. The van der Waals surface area contributed by atoms with Crippen LogP contribution in [0, 0.1) is 11.6 Å². The van der Waals surface area contributed by atoms with Crippen molar-refractivity contribution in [1.82, 2.24) is 9.78 Å². The zero-order valence-electron chi connectivity index (χ0n) is 14.9. The van der Waals surface area contributed by atoms with Crippen molar-refractivity contribution in [1.29, 1.82) is 0 Å². The molecule has 5 nitrogen and oxygen atoms in total. The molecule has 29 heavy (non-hydrogen) atoms. The molecule has 0 saturated heterocycles. The Morgan fingerprint density at radius 1 is 1.00 bits per heavy atom. The quantitative estimate of drug-likeness (QED) is 0.480. The van der Waals surface area contributed by atoms with E-state index in [0.29, 0.717) is 17.1 Å². The number of rotatable bonds is 6. The van der Waals surface area contributed by atoms with Crippen molar-refractivity contribution in [3.63, 3.8) is 0 Å². The molecule has 0 aliphatic rings. The van der Waals surface area contributed by atoms with Gasteiger partial charge in [-0.05, 0) is 29.1 Å². The van der Waals surface area contributed by atoms with Gasteiger partial charge >= 0.3 is 0 Å². The van der Waals surface area contributed by atoms with Crippen LogP contribution in [0.25, 0.3) is 10.6 Å². The number of thiophene rings is 1. The Morgan fingerprint density at radius 3 is 2.48 bits per heavy atom. The smallest absolute Gasteiger partial charge is 0.265 e. The molecule has 0 fully saturated rings. The van der Waals surface area contributed by atoms with Gasteiger partial charge in [0.25, 0.3) is 10.0 Å². The highest BCUT2D eigenvalue weighted by atomic mass is 32.2. The summed E-state index contributed by atoms with van der Waals surface area (Å²) in [5.41, 5.74) is 1.19. The Balaban J connectivity index is 1.73. The van der Waals surface area contributed by atoms with E-state index in [4.69, 9.17) is 0 Å². The van der Waals surface area contributed by atoms with E-state index in [-0.39, 0.29) is 10.6 Å². The predicted octanol–water partition coefficient (Wildman–Crippen LogP) is 4.74. The number of aromatic nitrogens is 2. The molecule has 2 heterocycles. The molecule has 4 aromatic rings. The summed E-state index contributed by atoms with van der Waals surface area (Å²) in [6, 6.07) is 15.9. The van der Waals surface area contributed by atoms with Crippen LogP contribution in [0.15, 0.2) is 77.1 Å². The third-order valence-corrected chi connectivity index (χ3v) is 6.39. The van der Waals surface area contributed by atoms with Crippen LogP contribution >= 0.6 is 11.3 Å². The molecule has 0 unspecified atom stereocenters. The number of sulfonamides is 1. The standard InChI is InChI=1S/C20H15F2N3O2S2/c21-16-9-8-15(11-17(16)22)24-29(26,27)19-13-25(12-14-5-2-1-3-6-14)23-20(19)18-7-4-10-28-18/h1-11,13,24H,12H2. The molecular weight excluding hydrogens is 416 g/mol. The second-order valence-corrected chi connectivity index (χ2v) is 8.84. The maximum absolute atomic E-state index is 13.5. The van der Waals surface area contributed by atoms with Crippen LogP contribution in [-0.2, 0) is 16.6 Å². The van der Waals surface area contributed by atoms with Crippen molar-refractivity contribution in [2.75, 3.05) is 4.72 Å². The first-order valence-electron chi connectivity index (χ1n) is 8.55. The van der Waals surface area contributed by atoms with Crippen LogP contribution in [-0.4, -0.2) is 18.2 Å². The molecule has 0 aliphatic heterocycles. The lowest BCUT2D eigenvalue weighted by atomic mass is 10.2. The molecule has 0 aliphatic carbocycles. The van der Waals surface area contributed by atoms with Crippen molar-refractivity contribution >= 4 is 27.0 Å². The largest absolute Gasteiger partial charge is 0.279 e. The van der Waals surface area contributed by atoms with Crippen LogP contribution in [0.1, 0.15) is 5.56 Å². The van der Waals surface area contributed by atoms with E-state index in [1.54, 1.807) is 16.8 Å². The first-order chi connectivity index (χ1) is 13.9. The van der Waals surface area contributed by atoms with Gasteiger partial charge in [-0.3, -0.25) is 9.40 Å². The van der Waals surface area contributed by atoms with Gasteiger partial charge in [0.05, 0.1) is 17.1 Å². The number of hydrogen-bond donors (Lipinski definition) is 1. The van der Waals surface area contributed by atoms with E-state index in [2.05, 4.69) is 9.82 Å². The van der Waals surface area contributed by atoms with Gasteiger partial charge in [-0.2, -0.15) is 5.10 Å². The number of nitrogens with zero attached hydrogens (tertiary/aromatic N) is 2. The predicted molar refractivity (Wildman–Crippen MR) is 108 cm³/mol. The van der Waals surface area contributed by atoms with Crippen molar-refractivity contribution in [3.8, 4) is 10.6 Å². The normalized spacial score (nSPS) is 11.5. The lowest BCUT2D eigenvalue weighted by Crippen LogP contribution is -2.13. The molecule has 9 heteroatoms. The fraction of sp³-hybridized carbons (Fsp3) is 0.0500. The minimum absolute atomic E-state index is 0.0411. The molecule has 148 valence electrons. The highest BCUT2D eigenvalue weighted by molar-refractivity contribution is 7.92. The summed E-state index contributed by atoms with van der Waals surface area (Å²) in [5.74, 6) is -2.19. The lowest BCUT2D eigenvalue weighted by molar-refractivity contribution is 0.509. The highest BCUT2D eigenvalue weighted by Crippen LogP contribution is 2.31. The van der Waals surface area contributed by atoms with E-state index in [9.17, 15) is 17.2 Å². The minimum atomic E-state index is -4.09. The first-order valence-corrected chi connectivity index (χ1v) is 10.9. The van der Waals surface area contributed by atoms with Gasteiger partial charge in [0.2, 0.25) is 0 Å². The SMILES string of the molecule is O=S(=O)(Nc1ccc(F)c(F)c1)c1cn(Cc2ccccc2)nc1-c1cccs1. The molecule has 0 bridgehead atoms. The van der Waals surface area contributed by atoms with E-state index in [1.807, 2.05) is 35.7 Å². The summed E-state index contributed by atoms with van der Waals surface area (Å²) in [6.45, 7) is 0.389. The molecule has 0 amide bonds. The van der Waals surface area contributed by atoms with Gasteiger partial charge in [-0.15, -0.1) is 11.3 Å². The topological polar surface area (TPSA) is 64.0 Å². The van der Waals surface area contributed by atoms with Crippen molar-refractivity contribution < 1.29 is 17.2 Å². The van der Waals surface area contributed by atoms with E-state index >= 15 is 0 Å². The van der Waals surface area contributed by atoms with Crippen LogP contribution in [0.2, 0.25) is 0 Å². The molecule has 0 radical (unpaired) electrons. The minimum Gasteiger partial charge on any atom is -0.279 e. The average molecular weight is 431 g/mol. The summed E-state index contributed by atoms with van der Waals surface area (Å²) < 4.78 is 56.5. The fourth-order valence-electron chi connectivity index (χ4n) is 2.80. The molecule has 0 saturated carbocycles. The van der Waals surface area contributed by atoms with Crippen LogP contribution in [0.4, 0.5) is 14.5 Å². The summed E-state index contributed by atoms with van der Waals surface area (Å²) in [5, 5.41) is 6.29. The van der Waals surface area contributed by atoms with Gasteiger partial charge in [-0.1, -0.05) is 36.4 Å². The molecule has 2 aromatic heterocycles. The van der Waals surface area contributed by atoms with E-state index in [0.717, 1.165) is 23.8 Å². The number of benzene rings is 2. The van der Waals surface area contributed by atoms with E-state index < -0.39 is 21.7 Å². The van der Waals surface area contributed by atoms with Gasteiger partial charge in [0.15, 0.2) is 11.6 Å². The highest BCUT2D eigenvalue weighted by Gasteiger charge is 2.25. The number of hydrogen-bond acceptors (Lipinski definition) is 4. The monoisotopic (exact) mass is 431 g/mol. The zero-order valence-corrected chi connectivity index (χ0v) is 16.6. The van der Waals surface area contributed by atoms with E-state index in [1.165, 1.54) is 17.5 Å². The molecule has 4 rings (SSSR count). The average Bonchev–Trinajstić information content (AvgIpc) is 3.35. The second-order valence-electron chi connectivity index (χ2n) is 6.24. The van der Waals surface area contributed by atoms with Gasteiger partial charge in [0, 0.05) is 12.3 Å². The molecule has 1 N–H and O–H groups in total. The Labute approximate surface area is 170 Å². The Kier molecular flexibility index (Phi) is 5.16. The fourth-order valence-corrected chi connectivity index (χ4v) is 4.81. The molecular formula is C20H15F2N3O2S2. The Bertz CT molecular complexity index is 1240. The maximum atomic E-state index is 13.5. The summed E-state index contributed by atoms with van der Waals surface area (Å²) in [7, 11) is -4.09. The summed E-state index contributed by atoms with van der Waals surface area (Å²) in [6.07, 6.45) is 1.43. The Morgan fingerprint density at radius 2 is 1.79 bits per heavy atom. The third-order valence-electron chi connectivity index (χ3n) is 4.13. The first kappa shape index (κ1) is 19.3. The van der Waals surface area contributed by atoms with Crippen molar-refractivity contribution in [2.24, 2.45) is 0 Å². The Hall–Kier alpha value is -3.04. The molecule has 0 spiro atoms. The number of nitrogens with one attached hydrogen (secondary N) is 1. The molecule has 0 atom stereocenters. The third kappa shape index (κ3) is 4.20. The second kappa shape index (κ2) is 7.76. The zero-order chi connectivity index (χ0) is 20.4. The maximum Gasteiger partial charge on any atom is 0.265 e. The summed E-state index contributed by atoms with van der Waals surface area (Å²) >= 11 is 1.36. The van der Waals surface area contributed by atoms with Gasteiger partial charge < -0.3 is 0 Å². The summed E-state index contributed by atoms with van der Waals surface area (Å²) in [4.78, 5) is 0.642. The lowest BCUT2D eigenvalue weighted by Gasteiger charge is -2.08. The van der Waals surface area contributed by atoms with Gasteiger partial charge in [0.1, 0.15) is 10.6 Å².